The summed E-state index contributed by atoms with van der Waals surface area (Å²) in [6, 6.07) is 13.9. The number of carbonyl (C=O) groups excluding carboxylic acids is 1. The Morgan fingerprint density at radius 1 is 1.11 bits per heavy atom. The Hall–Kier alpha value is -2.91. The number of rotatable bonds is 5. The van der Waals surface area contributed by atoms with E-state index in [1.807, 2.05) is 24.3 Å². The summed E-state index contributed by atoms with van der Waals surface area (Å²) in [5, 5.41) is 3.15. The maximum Gasteiger partial charge on any atom is 0.287 e. The van der Waals surface area contributed by atoms with E-state index >= 15 is 0 Å². The van der Waals surface area contributed by atoms with Gasteiger partial charge in [-0.1, -0.05) is 12.1 Å². The van der Waals surface area contributed by atoms with Crippen molar-refractivity contribution in [3.63, 3.8) is 0 Å². The highest BCUT2D eigenvalue weighted by Crippen LogP contribution is 2.31. The van der Waals surface area contributed by atoms with Crippen LogP contribution in [0.5, 0.6) is 0 Å². The van der Waals surface area contributed by atoms with Crippen molar-refractivity contribution in [1.82, 2.24) is 10.3 Å². The van der Waals surface area contributed by atoms with Gasteiger partial charge in [0.25, 0.3) is 5.91 Å². The predicted molar refractivity (Wildman–Crippen MR) is 100 cm³/mol. The third kappa shape index (κ3) is 3.64. The van der Waals surface area contributed by atoms with Gasteiger partial charge in [-0.2, -0.15) is 0 Å². The molecule has 138 valence electrons. The smallest absolute Gasteiger partial charge is 0.287 e. The molecule has 3 aromatic heterocycles. The van der Waals surface area contributed by atoms with Gasteiger partial charge in [0.2, 0.25) is 14.9 Å². The largest absolute Gasteiger partial charge is 0.457 e. The Labute approximate surface area is 158 Å². The van der Waals surface area contributed by atoms with E-state index in [0.29, 0.717) is 11.5 Å². The third-order valence-corrected chi connectivity index (χ3v) is 5.76. The van der Waals surface area contributed by atoms with Crippen molar-refractivity contribution in [2.45, 2.75) is 11.6 Å². The molecule has 27 heavy (non-hydrogen) atoms. The van der Waals surface area contributed by atoms with Crippen molar-refractivity contribution in [3.05, 3.63) is 60.1 Å². The monoisotopic (exact) mass is 402 g/mol. The van der Waals surface area contributed by atoms with Crippen molar-refractivity contribution >= 4 is 37.3 Å². The first-order chi connectivity index (χ1) is 12.9. The van der Waals surface area contributed by atoms with E-state index < -0.39 is 15.7 Å². The molecule has 0 aliphatic carbocycles. The molecule has 0 atom stereocenters. The summed E-state index contributed by atoms with van der Waals surface area (Å²) in [7, 11) is -3.49. The minimum Gasteiger partial charge on any atom is -0.457 e. The lowest BCUT2D eigenvalue weighted by Gasteiger charge is -2.00. The van der Waals surface area contributed by atoms with Crippen molar-refractivity contribution < 1.29 is 22.0 Å². The van der Waals surface area contributed by atoms with Crippen LogP contribution in [-0.4, -0.2) is 25.6 Å². The maximum atomic E-state index is 12.1. The number of fused-ring (bicyclic) bond motifs is 1. The molecular formula is C18H14N2O5S2. The number of thiazole rings is 1. The second-order valence-electron chi connectivity index (χ2n) is 5.83. The number of hydrogen-bond donors (Lipinski definition) is 1. The lowest BCUT2D eigenvalue weighted by atomic mass is 10.3. The molecule has 0 unspecified atom stereocenters. The van der Waals surface area contributed by atoms with E-state index in [1.165, 1.54) is 23.5 Å². The van der Waals surface area contributed by atoms with Crippen LogP contribution in [0.15, 0.2) is 62.5 Å². The summed E-state index contributed by atoms with van der Waals surface area (Å²) in [4.78, 5) is 16.6. The Bertz CT molecular complexity index is 1200. The number of carbonyl (C=O) groups is 1. The van der Waals surface area contributed by atoms with Gasteiger partial charge in [-0.05, 0) is 36.4 Å². The highest BCUT2D eigenvalue weighted by atomic mass is 32.2. The Morgan fingerprint density at radius 3 is 2.67 bits per heavy atom. The first kappa shape index (κ1) is 17.5. The summed E-state index contributed by atoms with van der Waals surface area (Å²) in [6.45, 7) is 0.138. The van der Waals surface area contributed by atoms with Crippen LogP contribution in [0, 0.1) is 0 Å². The normalized spacial score (nSPS) is 11.7. The average Bonchev–Trinajstić information content (AvgIpc) is 3.37. The topological polar surface area (TPSA) is 102 Å². The molecule has 0 aliphatic heterocycles. The lowest BCUT2D eigenvalue weighted by Crippen LogP contribution is -2.21. The molecular weight excluding hydrogens is 388 g/mol. The van der Waals surface area contributed by atoms with E-state index in [4.69, 9.17) is 8.83 Å². The maximum absolute atomic E-state index is 12.1. The van der Waals surface area contributed by atoms with Crippen LogP contribution in [0.25, 0.3) is 21.0 Å². The first-order valence-corrected chi connectivity index (χ1v) is 10.6. The molecule has 0 saturated carbocycles. The quantitative estimate of drug-likeness (QED) is 0.548. The van der Waals surface area contributed by atoms with Gasteiger partial charge in [0, 0.05) is 6.26 Å². The second kappa shape index (κ2) is 6.67. The SMILES string of the molecule is CS(=O)(=O)c1ccc(C(=O)NCc2ccc(-c3nc4ccccc4s3)o2)o1. The summed E-state index contributed by atoms with van der Waals surface area (Å²) < 4.78 is 34.7. The molecule has 3 heterocycles. The molecule has 0 radical (unpaired) electrons. The van der Waals surface area contributed by atoms with Gasteiger partial charge < -0.3 is 14.2 Å². The molecule has 1 amide bonds. The van der Waals surface area contributed by atoms with E-state index in [-0.39, 0.29) is 17.4 Å². The zero-order valence-electron chi connectivity index (χ0n) is 14.1. The summed E-state index contributed by atoms with van der Waals surface area (Å²) in [6.07, 6.45) is 1.01. The number of para-hydroxylation sites is 1. The summed E-state index contributed by atoms with van der Waals surface area (Å²) in [5.41, 5.74) is 0.906. The fourth-order valence-electron chi connectivity index (χ4n) is 2.46. The van der Waals surface area contributed by atoms with Gasteiger partial charge in [-0.15, -0.1) is 11.3 Å². The van der Waals surface area contributed by atoms with E-state index in [0.717, 1.165) is 21.5 Å². The lowest BCUT2D eigenvalue weighted by molar-refractivity contribution is 0.0915. The Kier molecular flexibility index (Phi) is 4.33. The molecule has 0 fully saturated rings. The number of hydrogen-bond acceptors (Lipinski definition) is 7. The molecule has 4 rings (SSSR count). The van der Waals surface area contributed by atoms with Crippen molar-refractivity contribution in [3.8, 4) is 10.8 Å². The minimum absolute atomic E-state index is 0.0756. The van der Waals surface area contributed by atoms with Crippen molar-refractivity contribution in [2.24, 2.45) is 0 Å². The molecule has 1 aromatic carbocycles. The van der Waals surface area contributed by atoms with Gasteiger partial charge in [-0.25, -0.2) is 13.4 Å². The minimum atomic E-state index is -3.49. The fraction of sp³-hybridized carbons (Fsp3) is 0.111. The average molecular weight is 402 g/mol. The number of furan rings is 2. The molecule has 0 spiro atoms. The summed E-state index contributed by atoms with van der Waals surface area (Å²) in [5.74, 6) is 0.571. The van der Waals surface area contributed by atoms with Crippen molar-refractivity contribution in [1.29, 1.82) is 0 Å². The van der Waals surface area contributed by atoms with Crippen LogP contribution in [0.1, 0.15) is 16.3 Å². The third-order valence-electron chi connectivity index (χ3n) is 3.76. The van der Waals surface area contributed by atoms with Gasteiger partial charge in [0.1, 0.15) is 5.76 Å². The van der Waals surface area contributed by atoms with Crippen LogP contribution < -0.4 is 5.32 Å². The number of nitrogens with one attached hydrogen (secondary N) is 1. The molecule has 0 bridgehead atoms. The molecule has 7 nitrogen and oxygen atoms in total. The number of nitrogens with zero attached hydrogens (tertiary/aromatic N) is 1. The highest BCUT2D eigenvalue weighted by molar-refractivity contribution is 7.90. The molecule has 0 aliphatic rings. The van der Waals surface area contributed by atoms with Gasteiger partial charge >= 0.3 is 0 Å². The number of aromatic nitrogens is 1. The second-order valence-corrected chi connectivity index (χ2v) is 8.80. The zero-order valence-corrected chi connectivity index (χ0v) is 15.8. The molecule has 4 aromatic rings. The standard InChI is InChI=1S/C18H14N2O5S2/c1-27(22,23)16-9-8-13(25-16)17(21)19-10-11-6-7-14(24-11)18-20-12-4-2-3-5-15(12)26-18/h2-9H,10H2,1H3,(H,19,21). The van der Waals surface area contributed by atoms with Crippen LogP contribution in [0.3, 0.4) is 0 Å². The van der Waals surface area contributed by atoms with E-state index in [1.54, 1.807) is 12.1 Å². The first-order valence-electron chi connectivity index (χ1n) is 7.93. The Balaban J connectivity index is 1.45. The van der Waals surface area contributed by atoms with Crippen LogP contribution in [0.2, 0.25) is 0 Å². The van der Waals surface area contributed by atoms with Gasteiger partial charge in [0.15, 0.2) is 16.5 Å². The van der Waals surface area contributed by atoms with Crippen LogP contribution in [-0.2, 0) is 16.4 Å². The van der Waals surface area contributed by atoms with Crippen molar-refractivity contribution in [2.75, 3.05) is 6.26 Å². The van der Waals surface area contributed by atoms with E-state index in [9.17, 15) is 13.2 Å². The molecule has 9 heteroatoms. The van der Waals surface area contributed by atoms with Crippen LogP contribution >= 0.6 is 11.3 Å². The highest BCUT2D eigenvalue weighted by Gasteiger charge is 2.17. The van der Waals surface area contributed by atoms with Gasteiger partial charge in [0.05, 0.1) is 16.8 Å². The summed E-state index contributed by atoms with van der Waals surface area (Å²) >= 11 is 1.53. The number of amides is 1. The zero-order chi connectivity index (χ0) is 19.0. The predicted octanol–water partition coefficient (Wildman–Crippen LogP) is 3.48. The molecule has 0 saturated heterocycles. The number of sulfone groups is 1. The Morgan fingerprint density at radius 2 is 1.93 bits per heavy atom. The van der Waals surface area contributed by atoms with Gasteiger partial charge in [-0.3, -0.25) is 4.79 Å². The molecule has 1 N–H and O–H groups in total. The van der Waals surface area contributed by atoms with Crippen LogP contribution in [0.4, 0.5) is 0 Å². The van der Waals surface area contributed by atoms with E-state index in [2.05, 4.69) is 10.3 Å². The fourth-order valence-corrected chi connectivity index (χ4v) is 3.95. The number of benzene rings is 1.